The first-order valence-electron chi connectivity index (χ1n) is 8.10. The van der Waals surface area contributed by atoms with E-state index in [1.165, 1.54) is 19.1 Å². The molecule has 134 valence electrons. The molecule has 0 fully saturated rings. The van der Waals surface area contributed by atoms with E-state index in [0.717, 1.165) is 0 Å². The highest BCUT2D eigenvalue weighted by molar-refractivity contribution is 6.09. The second-order valence-electron chi connectivity index (χ2n) is 6.05. The molecule has 2 heterocycles. The minimum atomic E-state index is -1.09. The van der Waals surface area contributed by atoms with E-state index in [1.54, 1.807) is 30.3 Å². The number of aromatic amines is 2. The molecule has 0 aliphatic carbocycles. The third-order valence-corrected chi connectivity index (χ3v) is 4.18. The highest BCUT2D eigenvalue weighted by Gasteiger charge is 2.19. The smallest absolute Gasteiger partial charge is 0.335 e. The molecule has 0 aliphatic heterocycles. The molecule has 4 rings (SSSR count). The van der Waals surface area contributed by atoms with Crippen molar-refractivity contribution >= 4 is 39.5 Å². The molecule has 2 aromatic heterocycles. The molecule has 0 atom stereocenters. The molecule has 0 bridgehead atoms. The Labute approximate surface area is 151 Å². The minimum Gasteiger partial charge on any atom is -0.478 e. The Balaban J connectivity index is 2.03. The molecular formula is C19H14N4O4. The van der Waals surface area contributed by atoms with Crippen LogP contribution in [0.5, 0.6) is 0 Å². The van der Waals surface area contributed by atoms with Gasteiger partial charge in [0.1, 0.15) is 0 Å². The number of rotatable bonds is 3. The van der Waals surface area contributed by atoms with E-state index < -0.39 is 11.5 Å². The van der Waals surface area contributed by atoms with Crippen LogP contribution in [0, 0.1) is 0 Å². The summed E-state index contributed by atoms with van der Waals surface area (Å²) in [5.74, 6) is -1.44. The number of nitrogens with one attached hydrogen (secondary N) is 3. The highest BCUT2D eigenvalue weighted by Crippen LogP contribution is 2.34. The van der Waals surface area contributed by atoms with Gasteiger partial charge in [-0.3, -0.25) is 9.59 Å². The van der Waals surface area contributed by atoms with Gasteiger partial charge in [0, 0.05) is 17.8 Å². The van der Waals surface area contributed by atoms with E-state index in [-0.39, 0.29) is 17.2 Å². The summed E-state index contributed by atoms with van der Waals surface area (Å²) < 4.78 is 0. The number of hydrogen-bond acceptors (Lipinski definition) is 4. The summed E-state index contributed by atoms with van der Waals surface area (Å²) in [6.07, 6.45) is 0. The van der Waals surface area contributed by atoms with E-state index in [1.807, 2.05) is 0 Å². The number of nitrogens with zero attached hydrogens (tertiary/aromatic N) is 1. The number of benzene rings is 2. The Morgan fingerprint density at radius 2 is 1.85 bits per heavy atom. The van der Waals surface area contributed by atoms with Gasteiger partial charge >= 0.3 is 5.97 Å². The lowest BCUT2D eigenvalue weighted by Gasteiger charge is -2.06. The van der Waals surface area contributed by atoms with Crippen molar-refractivity contribution in [3.63, 3.8) is 0 Å². The standard InChI is InChI=1S/C19H14N4O4/c1-9(24)20-15-11-8-10(19(26)27)6-7-12(11)21-16(15)17-18(25)23-14-5-3-2-4-13(14)22-17/h2-8,21H,1H3,(H,20,24)(H,23,25)(H,26,27). The molecule has 2 aromatic carbocycles. The van der Waals surface area contributed by atoms with Crippen molar-refractivity contribution in [2.45, 2.75) is 6.92 Å². The molecule has 0 unspecified atom stereocenters. The maximum atomic E-state index is 12.6. The van der Waals surface area contributed by atoms with Crippen molar-refractivity contribution in [3.8, 4) is 11.4 Å². The first-order chi connectivity index (χ1) is 12.9. The Hall–Kier alpha value is -3.94. The van der Waals surface area contributed by atoms with Crippen molar-refractivity contribution in [1.82, 2.24) is 15.0 Å². The van der Waals surface area contributed by atoms with Crippen molar-refractivity contribution < 1.29 is 14.7 Å². The van der Waals surface area contributed by atoms with E-state index in [2.05, 4.69) is 20.3 Å². The summed E-state index contributed by atoms with van der Waals surface area (Å²) in [5, 5.41) is 12.4. The zero-order chi connectivity index (χ0) is 19.1. The number of carboxylic acid groups (broad SMARTS) is 1. The van der Waals surface area contributed by atoms with Crippen LogP contribution in [0.2, 0.25) is 0 Å². The highest BCUT2D eigenvalue weighted by atomic mass is 16.4. The van der Waals surface area contributed by atoms with Crippen molar-refractivity contribution in [1.29, 1.82) is 0 Å². The minimum absolute atomic E-state index is 0.0695. The Bertz CT molecular complexity index is 1290. The summed E-state index contributed by atoms with van der Waals surface area (Å²) >= 11 is 0. The van der Waals surface area contributed by atoms with E-state index in [9.17, 15) is 19.5 Å². The van der Waals surface area contributed by atoms with Crippen LogP contribution >= 0.6 is 0 Å². The van der Waals surface area contributed by atoms with Crippen LogP contribution in [-0.4, -0.2) is 31.9 Å². The molecule has 27 heavy (non-hydrogen) atoms. The number of amides is 1. The van der Waals surface area contributed by atoms with Crippen LogP contribution in [0.4, 0.5) is 5.69 Å². The third kappa shape index (κ3) is 2.82. The van der Waals surface area contributed by atoms with Crippen LogP contribution in [0.1, 0.15) is 17.3 Å². The predicted octanol–water partition coefficient (Wildman–Crippen LogP) is 2.73. The van der Waals surface area contributed by atoms with Crippen LogP contribution in [0.25, 0.3) is 33.3 Å². The number of anilines is 1. The van der Waals surface area contributed by atoms with E-state index in [0.29, 0.717) is 33.3 Å². The maximum Gasteiger partial charge on any atom is 0.335 e. The summed E-state index contributed by atoms with van der Waals surface area (Å²) in [4.78, 5) is 45.8. The average molecular weight is 362 g/mol. The fourth-order valence-electron chi connectivity index (χ4n) is 3.01. The zero-order valence-electron chi connectivity index (χ0n) is 14.2. The number of carboxylic acids is 1. The fraction of sp³-hybridized carbons (Fsp3) is 0.0526. The van der Waals surface area contributed by atoms with Gasteiger partial charge in [0.15, 0.2) is 5.69 Å². The van der Waals surface area contributed by atoms with Crippen molar-refractivity contribution in [2.24, 2.45) is 0 Å². The summed E-state index contributed by atoms with van der Waals surface area (Å²) in [6.45, 7) is 1.34. The lowest BCUT2D eigenvalue weighted by atomic mass is 10.1. The Morgan fingerprint density at radius 1 is 1.07 bits per heavy atom. The largest absolute Gasteiger partial charge is 0.478 e. The molecular weight excluding hydrogens is 348 g/mol. The number of fused-ring (bicyclic) bond motifs is 2. The Morgan fingerprint density at radius 3 is 2.59 bits per heavy atom. The number of hydrogen-bond donors (Lipinski definition) is 4. The summed E-state index contributed by atoms with van der Waals surface area (Å²) in [7, 11) is 0. The van der Waals surface area contributed by atoms with Gasteiger partial charge in [0.25, 0.3) is 5.56 Å². The second-order valence-corrected chi connectivity index (χ2v) is 6.05. The number of aromatic nitrogens is 3. The third-order valence-electron chi connectivity index (χ3n) is 4.18. The molecule has 0 saturated carbocycles. The zero-order valence-corrected chi connectivity index (χ0v) is 14.2. The monoisotopic (exact) mass is 362 g/mol. The Kier molecular flexibility index (Phi) is 3.73. The number of carbonyl (C=O) groups is 2. The molecule has 4 aromatic rings. The fourth-order valence-corrected chi connectivity index (χ4v) is 3.01. The van der Waals surface area contributed by atoms with Crippen LogP contribution in [0.3, 0.4) is 0 Å². The second kappa shape index (κ2) is 6.10. The van der Waals surface area contributed by atoms with Crippen molar-refractivity contribution in [2.75, 3.05) is 5.32 Å². The molecule has 0 spiro atoms. The lowest BCUT2D eigenvalue weighted by Crippen LogP contribution is -2.14. The molecule has 0 aliphatic rings. The number of para-hydroxylation sites is 2. The number of carbonyl (C=O) groups excluding carboxylic acids is 1. The summed E-state index contributed by atoms with van der Waals surface area (Å²) in [5.41, 5.74) is 2.13. The molecule has 0 radical (unpaired) electrons. The first-order valence-corrected chi connectivity index (χ1v) is 8.10. The molecule has 1 amide bonds. The van der Waals surface area contributed by atoms with Gasteiger partial charge in [-0.25, -0.2) is 9.78 Å². The van der Waals surface area contributed by atoms with Gasteiger partial charge in [-0.05, 0) is 30.3 Å². The normalized spacial score (nSPS) is 11.0. The van der Waals surface area contributed by atoms with Gasteiger partial charge in [0.2, 0.25) is 5.91 Å². The SMILES string of the molecule is CC(=O)Nc1c(-c2nc3ccccc3[nH]c2=O)[nH]c2ccc(C(=O)O)cc12. The average Bonchev–Trinajstić information content (AvgIpc) is 2.98. The maximum absolute atomic E-state index is 12.6. The molecule has 0 saturated heterocycles. The predicted molar refractivity (Wildman–Crippen MR) is 101 cm³/mol. The summed E-state index contributed by atoms with van der Waals surface area (Å²) in [6, 6.07) is 11.6. The molecule has 8 nitrogen and oxygen atoms in total. The first kappa shape index (κ1) is 16.5. The van der Waals surface area contributed by atoms with Gasteiger partial charge in [-0.15, -0.1) is 0 Å². The number of H-pyrrole nitrogens is 2. The van der Waals surface area contributed by atoms with E-state index >= 15 is 0 Å². The van der Waals surface area contributed by atoms with Crippen LogP contribution in [0.15, 0.2) is 47.3 Å². The quantitative estimate of drug-likeness (QED) is 0.445. The van der Waals surface area contributed by atoms with Gasteiger partial charge in [0.05, 0.1) is 28.0 Å². The van der Waals surface area contributed by atoms with Crippen LogP contribution < -0.4 is 10.9 Å². The van der Waals surface area contributed by atoms with Gasteiger partial charge in [-0.1, -0.05) is 12.1 Å². The van der Waals surface area contributed by atoms with Crippen molar-refractivity contribution in [3.05, 3.63) is 58.4 Å². The van der Waals surface area contributed by atoms with Gasteiger partial charge in [-0.2, -0.15) is 0 Å². The molecule has 4 N–H and O–H groups in total. The molecule has 8 heteroatoms. The topological polar surface area (TPSA) is 128 Å². The lowest BCUT2D eigenvalue weighted by molar-refractivity contribution is -0.114. The number of aromatic carboxylic acids is 1. The van der Waals surface area contributed by atoms with E-state index in [4.69, 9.17) is 0 Å². The van der Waals surface area contributed by atoms with Crippen LogP contribution in [-0.2, 0) is 4.79 Å². The van der Waals surface area contributed by atoms with Gasteiger partial charge < -0.3 is 20.4 Å².